The average Bonchev–Trinajstić information content (AvgIpc) is 2.59. The molecule has 0 atom stereocenters. The SMILES string of the molecule is COc1ccc([N+](=O)[O-])cc1NC(=O)CNC12CC3CC(CC(C3)C1)C2. The zero-order chi connectivity index (χ0) is 18.3. The van der Waals surface area contributed by atoms with Crippen molar-refractivity contribution in [2.75, 3.05) is 19.0 Å². The molecule has 7 nitrogen and oxygen atoms in total. The van der Waals surface area contributed by atoms with Crippen molar-refractivity contribution in [1.29, 1.82) is 0 Å². The third kappa shape index (κ3) is 3.28. The standard InChI is InChI=1S/C19H25N3O4/c1-26-17-3-2-15(22(24)25)7-16(17)21-18(23)11-20-19-8-12-4-13(9-19)6-14(5-12)10-19/h2-3,7,12-14,20H,4-6,8-11H2,1H3,(H,21,23). The number of nitrogens with zero attached hydrogens (tertiary/aromatic N) is 1. The molecule has 26 heavy (non-hydrogen) atoms. The summed E-state index contributed by atoms with van der Waals surface area (Å²) in [5, 5.41) is 17.3. The predicted molar refractivity (Wildman–Crippen MR) is 97.2 cm³/mol. The smallest absolute Gasteiger partial charge is 0.271 e. The van der Waals surface area contributed by atoms with Gasteiger partial charge in [-0.15, -0.1) is 0 Å². The zero-order valence-electron chi connectivity index (χ0n) is 15.0. The number of amides is 1. The van der Waals surface area contributed by atoms with Crippen LogP contribution in [0.5, 0.6) is 5.75 Å². The minimum atomic E-state index is -0.483. The number of carbonyl (C=O) groups is 1. The molecule has 0 saturated heterocycles. The van der Waals surface area contributed by atoms with E-state index in [-0.39, 0.29) is 23.7 Å². The van der Waals surface area contributed by atoms with Gasteiger partial charge in [-0.05, 0) is 62.3 Å². The van der Waals surface area contributed by atoms with E-state index in [1.807, 2.05) is 0 Å². The van der Waals surface area contributed by atoms with Gasteiger partial charge in [0.25, 0.3) is 5.69 Å². The Kier molecular flexibility index (Phi) is 4.34. The first-order valence-corrected chi connectivity index (χ1v) is 9.34. The zero-order valence-corrected chi connectivity index (χ0v) is 15.0. The first-order chi connectivity index (χ1) is 12.5. The Morgan fingerprint density at radius 2 is 1.85 bits per heavy atom. The molecule has 1 aromatic carbocycles. The number of nitro groups is 1. The first-order valence-electron chi connectivity index (χ1n) is 9.34. The number of methoxy groups -OCH3 is 1. The molecule has 4 bridgehead atoms. The van der Waals surface area contributed by atoms with Gasteiger partial charge in [0.15, 0.2) is 0 Å². The van der Waals surface area contributed by atoms with Crippen LogP contribution in [0.3, 0.4) is 0 Å². The van der Waals surface area contributed by atoms with E-state index >= 15 is 0 Å². The highest BCUT2D eigenvalue weighted by Crippen LogP contribution is 2.55. The van der Waals surface area contributed by atoms with Crippen LogP contribution in [0.15, 0.2) is 18.2 Å². The van der Waals surface area contributed by atoms with Crippen molar-refractivity contribution in [3.05, 3.63) is 28.3 Å². The molecule has 1 amide bonds. The molecule has 4 fully saturated rings. The Morgan fingerprint density at radius 3 is 2.38 bits per heavy atom. The molecule has 0 spiro atoms. The lowest BCUT2D eigenvalue weighted by atomic mass is 9.53. The average molecular weight is 359 g/mol. The topological polar surface area (TPSA) is 93.5 Å². The maximum absolute atomic E-state index is 12.5. The van der Waals surface area contributed by atoms with Crippen molar-refractivity contribution in [1.82, 2.24) is 5.32 Å². The Balaban J connectivity index is 1.40. The van der Waals surface area contributed by atoms with E-state index < -0.39 is 4.92 Å². The van der Waals surface area contributed by atoms with Crippen molar-refractivity contribution >= 4 is 17.3 Å². The van der Waals surface area contributed by atoms with Crippen LogP contribution in [0.1, 0.15) is 38.5 Å². The summed E-state index contributed by atoms with van der Waals surface area (Å²) in [6, 6.07) is 4.20. The van der Waals surface area contributed by atoms with Crippen LogP contribution in [0.4, 0.5) is 11.4 Å². The molecule has 0 heterocycles. The molecular weight excluding hydrogens is 334 g/mol. The van der Waals surface area contributed by atoms with E-state index in [0.29, 0.717) is 11.4 Å². The van der Waals surface area contributed by atoms with E-state index in [1.165, 1.54) is 63.8 Å². The lowest BCUT2D eigenvalue weighted by Crippen LogP contribution is -2.59. The molecular formula is C19H25N3O4. The first kappa shape index (κ1) is 17.3. The minimum absolute atomic E-state index is 0.0739. The fraction of sp³-hybridized carbons (Fsp3) is 0.632. The van der Waals surface area contributed by atoms with Crippen LogP contribution in [0.25, 0.3) is 0 Å². The van der Waals surface area contributed by atoms with Gasteiger partial charge < -0.3 is 15.4 Å². The van der Waals surface area contributed by atoms with E-state index in [2.05, 4.69) is 10.6 Å². The highest BCUT2D eigenvalue weighted by molar-refractivity contribution is 5.94. The molecule has 0 aromatic heterocycles. The fourth-order valence-electron chi connectivity index (χ4n) is 5.70. The van der Waals surface area contributed by atoms with Gasteiger partial charge in [0.2, 0.25) is 5.91 Å². The predicted octanol–water partition coefficient (Wildman–Crippen LogP) is 3.10. The van der Waals surface area contributed by atoms with Gasteiger partial charge >= 0.3 is 0 Å². The van der Waals surface area contributed by atoms with E-state index in [1.54, 1.807) is 0 Å². The lowest BCUT2D eigenvalue weighted by molar-refractivity contribution is -0.384. The number of ether oxygens (including phenoxy) is 1. The molecule has 4 saturated carbocycles. The van der Waals surface area contributed by atoms with Gasteiger partial charge in [-0.25, -0.2) is 0 Å². The summed E-state index contributed by atoms with van der Waals surface area (Å²) in [7, 11) is 1.48. The lowest BCUT2D eigenvalue weighted by Gasteiger charge is -2.57. The van der Waals surface area contributed by atoms with E-state index in [0.717, 1.165) is 17.8 Å². The van der Waals surface area contributed by atoms with Gasteiger partial charge in [-0.2, -0.15) is 0 Å². The number of nitro benzene ring substituents is 1. The molecule has 0 unspecified atom stereocenters. The molecule has 0 aliphatic heterocycles. The molecule has 4 aliphatic carbocycles. The molecule has 5 rings (SSSR count). The summed E-state index contributed by atoms with van der Waals surface area (Å²) >= 11 is 0. The molecule has 1 aromatic rings. The largest absolute Gasteiger partial charge is 0.495 e. The summed E-state index contributed by atoms with van der Waals surface area (Å²) in [6.45, 7) is 0.220. The quantitative estimate of drug-likeness (QED) is 0.601. The summed E-state index contributed by atoms with van der Waals surface area (Å²) in [5.74, 6) is 2.66. The Morgan fingerprint density at radius 1 is 1.23 bits per heavy atom. The molecule has 2 N–H and O–H groups in total. The second-order valence-electron chi connectivity index (χ2n) is 8.24. The second kappa shape index (κ2) is 6.54. The summed E-state index contributed by atoms with van der Waals surface area (Å²) in [6.07, 6.45) is 7.60. The van der Waals surface area contributed by atoms with Crippen LogP contribution < -0.4 is 15.4 Å². The van der Waals surface area contributed by atoms with Gasteiger partial charge in [0.1, 0.15) is 5.75 Å². The van der Waals surface area contributed by atoms with E-state index in [9.17, 15) is 14.9 Å². The number of nitrogens with one attached hydrogen (secondary N) is 2. The number of benzene rings is 1. The van der Waals surface area contributed by atoms with Crippen molar-refractivity contribution in [2.45, 2.75) is 44.1 Å². The third-order valence-electron chi connectivity index (χ3n) is 6.33. The Bertz CT molecular complexity index is 698. The number of non-ortho nitro benzene ring substituents is 1. The monoisotopic (exact) mass is 359 g/mol. The third-order valence-corrected chi connectivity index (χ3v) is 6.33. The fourth-order valence-corrected chi connectivity index (χ4v) is 5.70. The van der Waals surface area contributed by atoms with Gasteiger partial charge in [-0.1, -0.05) is 0 Å². The molecule has 7 heteroatoms. The maximum Gasteiger partial charge on any atom is 0.271 e. The number of rotatable bonds is 6. The van der Waals surface area contributed by atoms with Crippen molar-refractivity contribution < 1.29 is 14.5 Å². The van der Waals surface area contributed by atoms with E-state index in [4.69, 9.17) is 4.74 Å². The van der Waals surface area contributed by atoms with Crippen LogP contribution in [0, 0.1) is 27.9 Å². The number of anilines is 1. The van der Waals surface area contributed by atoms with Crippen LogP contribution in [-0.4, -0.2) is 30.0 Å². The normalized spacial score (nSPS) is 31.7. The number of carbonyl (C=O) groups excluding carboxylic acids is 1. The number of hydrogen-bond donors (Lipinski definition) is 2. The Hall–Kier alpha value is -2.15. The minimum Gasteiger partial charge on any atom is -0.495 e. The van der Waals surface area contributed by atoms with Gasteiger partial charge in [-0.3, -0.25) is 14.9 Å². The summed E-state index contributed by atoms with van der Waals surface area (Å²) < 4.78 is 5.20. The van der Waals surface area contributed by atoms with Crippen LogP contribution >= 0.6 is 0 Å². The van der Waals surface area contributed by atoms with Crippen molar-refractivity contribution in [3.63, 3.8) is 0 Å². The number of hydrogen-bond acceptors (Lipinski definition) is 5. The molecule has 140 valence electrons. The summed E-state index contributed by atoms with van der Waals surface area (Å²) in [4.78, 5) is 22.9. The highest BCUT2D eigenvalue weighted by atomic mass is 16.6. The van der Waals surface area contributed by atoms with Crippen LogP contribution in [-0.2, 0) is 4.79 Å². The summed E-state index contributed by atoms with van der Waals surface area (Å²) in [5.41, 5.74) is 0.368. The second-order valence-corrected chi connectivity index (χ2v) is 8.24. The highest BCUT2D eigenvalue weighted by Gasteiger charge is 2.50. The van der Waals surface area contributed by atoms with Crippen molar-refractivity contribution in [2.24, 2.45) is 17.8 Å². The maximum atomic E-state index is 12.5. The molecule has 0 radical (unpaired) electrons. The van der Waals surface area contributed by atoms with Crippen LogP contribution in [0.2, 0.25) is 0 Å². The molecule has 4 aliphatic rings. The van der Waals surface area contributed by atoms with Crippen molar-refractivity contribution in [3.8, 4) is 5.75 Å². The van der Waals surface area contributed by atoms with Gasteiger partial charge in [0.05, 0.1) is 24.3 Å². The van der Waals surface area contributed by atoms with Gasteiger partial charge in [0, 0.05) is 17.7 Å². The Labute approximate surface area is 152 Å².